The number of nitrogens with zero attached hydrogens (tertiary/aromatic N) is 2. The van der Waals surface area contributed by atoms with E-state index in [1.807, 2.05) is 0 Å². The maximum Gasteiger partial charge on any atom is 0.252 e. The van der Waals surface area contributed by atoms with Gasteiger partial charge >= 0.3 is 0 Å². The fourth-order valence-electron chi connectivity index (χ4n) is 7.66. The van der Waals surface area contributed by atoms with Crippen LogP contribution in [-0.4, -0.2) is 6.71 Å². The fourth-order valence-corrected chi connectivity index (χ4v) is 7.66. The normalized spacial score (nSPS) is 13.9. The van der Waals surface area contributed by atoms with Gasteiger partial charge in [-0.25, -0.2) is 0 Å². The second-order valence-electron chi connectivity index (χ2n) is 15.5. The molecule has 7 rings (SSSR count). The molecule has 0 saturated heterocycles. The highest BCUT2D eigenvalue weighted by molar-refractivity contribution is 7.00. The molecule has 226 valence electrons. The highest BCUT2D eigenvalue weighted by Crippen LogP contribution is 2.45. The summed E-state index contributed by atoms with van der Waals surface area (Å²) in [5.41, 5.74) is 19.8. The van der Waals surface area contributed by atoms with E-state index in [0.717, 1.165) is 0 Å². The molecular formula is C42H45BN2. The summed E-state index contributed by atoms with van der Waals surface area (Å²) in [5, 5.41) is 0. The first kappa shape index (κ1) is 29.5. The Hall–Kier alpha value is -4.24. The standard InChI is InChI=1S/C42H45BN2/c1-26-20-27(2)23-33(22-26)45-37-13-11-12-36-40(37)43(39-29(4)21-28(3)24-38(39)45)34-25-31(42(8,9)10)16-19-35(34)44(36)32-17-14-30(15-18-32)41(5,6)7/h11-25H,1-10H3. The number of hydrogen-bond acceptors (Lipinski definition) is 2. The molecule has 0 spiro atoms. The molecule has 0 aliphatic carbocycles. The van der Waals surface area contributed by atoms with Gasteiger partial charge in [0.25, 0.3) is 6.71 Å². The van der Waals surface area contributed by atoms with Gasteiger partial charge in [-0.1, -0.05) is 89.6 Å². The molecule has 0 atom stereocenters. The predicted octanol–water partition coefficient (Wildman–Crippen LogP) is 9.60. The Labute approximate surface area is 270 Å². The zero-order valence-electron chi connectivity index (χ0n) is 28.6. The first-order valence-electron chi connectivity index (χ1n) is 16.4. The minimum Gasteiger partial charge on any atom is -0.311 e. The third-order valence-corrected chi connectivity index (χ3v) is 9.77. The zero-order chi connectivity index (χ0) is 32.0. The number of fused-ring (bicyclic) bond motifs is 4. The van der Waals surface area contributed by atoms with Gasteiger partial charge in [0.05, 0.1) is 0 Å². The molecule has 0 saturated carbocycles. The Morgan fingerprint density at radius 2 is 1.02 bits per heavy atom. The Bertz CT molecular complexity index is 1950. The summed E-state index contributed by atoms with van der Waals surface area (Å²) in [6.07, 6.45) is 0. The maximum absolute atomic E-state index is 2.53. The molecule has 0 bridgehead atoms. The molecule has 0 radical (unpaired) electrons. The van der Waals surface area contributed by atoms with E-state index >= 15 is 0 Å². The van der Waals surface area contributed by atoms with E-state index in [1.165, 1.54) is 83.9 Å². The van der Waals surface area contributed by atoms with E-state index in [4.69, 9.17) is 0 Å². The largest absolute Gasteiger partial charge is 0.311 e. The minimum atomic E-state index is 0.0406. The van der Waals surface area contributed by atoms with Gasteiger partial charge in [0.15, 0.2) is 0 Å². The van der Waals surface area contributed by atoms with Gasteiger partial charge in [-0.15, -0.1) is 0 Å². The molecule has 2 nitrogen and oxygen atoms in total. The van der Waals surface area contributed by atoms with Crippen molar-refractivity contribution in [3.05, 3.63) is 124 Å². The Morgan fingerprint density at radius 1 is 0.467 bits per heavy atom. The highest BCUT2D eigenvalue weighted by Gasteiger charge is 2.44. The third-order valence-electron chi connectivity index (χ3n) is 9.77. The van der Waals surface area contributed by atoms with Crippen molar-refractivity contribution in [1.29, 1.82) is 0 Å². The summed E-state index contributed by atoms with van der Waals surface area (Å²) in [7, 11) is 0. The highest BCUT2D eigenvalue weighted by atomic mass is 15.2. The van der Waals surface area contributed by atoms with Crippen LogP contribution in [0.25, 0.3) is 0 Å². The molecule has 0 aromatic heterocycles. The molecule has 0 N–H and O–H groups in total. The fraction of sp³-hybridized carbons (Fsp3) is 0.286. The lowest BCUT2D eigenvalue weighted by atomic mass is 9.32. The van der Waals surface area contributed by atoms with Crippen molar-refractivity contribution in [3.8, 4) is 0 Å². The first-order chi connectivity index (χ1) is 21.2. The summed E-state index contributed by atoms with van der Waals surface area (Å²) >= 11 is 0. The van der Waals surface area contributed by atoms with Crippen LogP contribution < -0.4 is 26.2 Å². The van der Waals surface area contributed by atoms with Crippen LogP contribution in [0.5, 0.6) is 0 Å². The molecule has 2 heterocycles. The summed E-state index contributed by atoms with van der Waals surface area (Å²) in [6.45, 7) is 22.9. The number of aryl methyl sites for hydroxylation is 4. The first-order valence-corrected chi connectivity index (χ1v) is 16.4. The quantitative estimate of drug-likeness (QED) is 0.186. The van der Waals surface area contributed by atoms with Crippen molar-refractivity contribution in [1.82, 2.24) is 0 Å². The lowest BCUT2D eigenvalue weighted by Gasteiger charge is -2.45. The molecule has 3 heteroatoms. The smallest absolute Gasteiger partial charge is 0.252 e. The van der Waals surface area contributed by atoms with Gasteiger partial charge < -0.3 is 9.80 Å². The van der Waals surface area contributed by atoms with Crippen LogP contribution in [0.1, 0.15) is 74.9 Å². The number of benzene rings is 5. The van der Waals surface area contributed by atoms with Crippen LogP contribution in [0.15, 0.2) is 91.0 Å². The van der Waals surface area contributed by atoms with Crippen LogP contribution in [0.2, 0.25) is 0 Å². The second-order valence-corrected chi connectivity index (χ2v) is 15.5. The van der Waals surface area contributed by atoms with Crippen molar-refractivity contribution >= 4 is 57.2 Å². The molecular weight excluding hydrogens is 543 g/mol. The summed E-state index contributed by atoms with van der Waals surface area (Å²) < 4.78 is 0. The molecule has 0 amide bonds. The molecule has 45 heavy (non-hydrogen) atoms. The Balaban J connectivity index is 1.57. The van der Waals surface area contributed by atoms with Gasteiger partial charge in [0, 0.05) is 34.1 Å². The topological polar surface area (TPSA) is 6.48 Å². The number of rotatable bonds is 2. The zero-order valence-corrected chi connectivity index (χ0v) is 28.6. The van der Waals surface area contributed by atoms with Crippen molar-refractivity contribution in [3.63, 3.8) is 0 Å². The van der Waals surface area contributed by atoms with Crippen LogP contribution in [0, 0.1) is 27.7 Å². The molecule has 2 aliphatic heterocycles. The number of anilines is 6. The van der Waals surface area contributed by atoms with E-state index in [2.05, 4.69) is 170 Å². The Morgan fingerprint density at radius 3 is 1.62 bits per heavy atom. The lowest BCUT2D eigenvalue weighted by Crippen LogP contribution is -2.62. The minimum absolute atomic E-state index is 0.0406. The summed E-state index contributed by atoms with van der Waals surface area (Å²) in [6, 6.07) is 35.1. The van der Waals surface area contributed by atoms with E-state index in [9.17, 15) is 0 Å². The van der Waals surface area contributed by atoms with E-state index < -0.39 is 0 Å². The second kappa shape index (κ2) is 10.1. The van der Waals surface area contributed by atoms with E-state index in [0.29, 0.717) is 0 Å². The SMILES string of the molecule is Cc1cc(C)cc(N2c3cc(C)cc(C)c3B3c4cc(C(C)(C)C)ccc4N(c4ccc(C(C)(C)C)cc4)c4cccc2c43)c1. The van der Waals surface area contributed by atoms with Gasteiger partial charge in [-0.2, -0.15) is 0 Å². The van der Waals surface area contributed by atoms with Crippen LogP contribution in [-0.2, 0) is 10.8 Å². The predicted molar refractivity (Wildman–Crippen MR) is 197 cm³/mol. The molecule has 5 aromatic carbocycles. The van der Waals surface area contributed by atoms with Crippen molar-refractivity contribution in [2.45, 2.75) is 80.1 Å². The van der Waals surface area contributed by atoms with Crippen LogP contribution in [0.4, 0.5) is 34.1 Å². The Kier molecular flexibility index (Phi) is 6.64. The third kappa shape index (κ3) is 4.79. The van der Waals surface area contributed by atoms with Crippen LogP contribution in [0.3, 0.4) is 0 Å². The summed E-state index contributed by atoms with van der Waals surface area (Å²) in [5.74, 6) is 0. The average molecular weight is 589 g/mol. The average Bonchev–Trinajstić information content (AvgIpc) is 2.95. The van der Waals surface area contributed by atoms with E-state index in [-0.39, 0.29) is 17.5 Å². The summed E-state index contributed by atoms with van der Waals surface area (Å²) in [4.78, 5) is 5.04. The van der Waals surface area contributed by atoms with Gasteiger partial charge in [0.1, 0.15) is 0 Å². The maximum atomic E-state index is 2.53. The monoisotopic (exact) mass is 588 g/mol. The van der Waals surface area contributed by atoms with Crippen molar-refractivity contribution in [2.24, 2.45) is 0 Å². The van der Waals surface area contributed by atoms with Gasteiger partial charge in [-0.3, -0.25) is 0 Å². The molecule has 0 unspecified atom stereocenters. The number of hydrogen-bond donors (Lipinski definition) is 0. The van der Waals surface area contributed by atoms with E-state index in [1.54, 1.807) is 0 Å². The van der Waals surface area contributed by atoms with Crippen molar-refractivity contribution in [2.75, 3.05) is 9.80 Å². The molecule has 2 aliphatic rings. The van der Waals surface area contributed by atoms with Gasteiger partial charge in [0.2, 0.25) is 0 Å². The van der Waals surface area contributed by atoms with Crippen LogP contribution >= 0.6 is 0 Å². The lowest BCUT2D eigenvalue weighted by molar-refractivity contribution is 0.590. The molecule has 5 aromatic rings. The van der Waals surface area contributed by atoms with Crippen molar-refractivity contribution < 1.29 is 0 Å². The van der Waals surface area contributed by atoms with Gasteiger partial charge in [-0.05, 0) is 131 Å². The molecule has 0 fully saturated rings.